The van der Waals surface area contributed by atoms with E-state index in [-0.39, 0.29) is 42.8 Å². The van der Waals surface area contributed by atoms with Gasteiger partial charge < -0.3 is 25.2 Å². The number of alkyl halides is 1. The minimum absolute atomic E-state index is 0.0162. The average Bonchev–Trinajstić information content (AvgIpc) is 3.11. The number of anilines is 3. The van der Waals surface area contributed by atoms with Crippen LogP contribution in [-0.4, -0.2) is 61.2 Å². The number of amides is 4. The summed E-state index contributed by atoms with van der Waals surface area (Å²) in [6.07, 6.45) is 0. The fourth-order valence-electron chi connectivity index (χ4n) is 5.01. The van der Waals surface area contributed by atoms with E-state index in [1.807, 2.05) is 32.0 Å². The molecule has 3 aromatic carbocycles. The Morgan fingerprint density at radius 1 is 0.978 bits per heavy atom. The highest BCUT2D eigenvalue weighted by Gasteiger charge is 2.41. The highest BCUT2D eigenvalue weighted by Crippen LogP contribution is 2.37. The van der Waals surface area contributed by atoms with Crippen LogP contribution >= 0.6 is 11.6 Å². The molecule has 0 radical (unpaired) electrons. The van der Waals surface area contributed by atoms with Gasteiger partial charge in [-0.25, -0.2) is 9.59 Å². The molecule has 0 aromatic heterocycles. The third kappa shape index (κ3) is 7.51. The van der Waals surface area contributed by atoms with Crippen molar-refractivity contribution in [2.75, 3.05) is 40.7 Å². The van der Waals surface area contributed by atoms with Crippen LogP contribution in [-0.2, 0) is 14.3 Å². The number of carbonyl (C=O) groups excluding carboxylic acids is 5. The predicted molar refractivity (Wildman–Crippen MR) is 174 cm³/mol. The second kappa shape index (κ2) is 13.9. The summed E-state index contributed by atoms with van der Waals surface area (Å²) in [6, 6.07) is 16.6. The lowest BCUT2D eigenvalue weighted by Crippen LogP contribution is -2.55. The molecule has 0 spiro atoms. The molecule has 0 bridgehead atoms. The van der Waals surface area contributed by atoms with Crippen LogP contribution in [0, 0.1) is 19.3 Å². The molecule has 1 aliphatic rings. The highest BCUT2D eigenvalue weighted by molar-refractivity contribution is 6.21. The zero-order valence-electron chi connectivity index (χ0n) is 26.0. The Labute approximate surface area is 267 Å². The van der Waals surface area contributed by atoms with E-state index in [0.29, 0.717) is 22.6 Å². The third-order valence-electron chi connectivity index (χ3n) is 7.48. The minimum Gasteiger partial charge on any atom is -0.462 e. The Balaban J connectivity index is 1.72. The Hall–Kier alpha value is -4.70. The Kier molecular flexibility index (Phi) is 10.3. The third-order valence-corrected chi connectivity index (χ3v) is 8.15. The summed E-state index contributed by atoms with van der Waals surface area (Å²) in [4.78, 5) is 70.0. The van der Waals surface area contributed by atoms with Gasteiger partial charge >= 0.3 is 12.0 Å². The smallest absolute Gasteiger partial charge is 0.338 e. The zero-order valence-corrected chi connectivity index (χ0v) is 26.7. The molecule has 3 aromatic rings. The molecule has 0 saturated carbocycles. The van der Waals surface area contributed by atoms with Crippen molar-refractivity contribution >= 4 is 58.3 Å². The Morgan fingerprint density at radius 3 is 2.40 bits per heavy atom. The van der Waals surface area contributed by atoms with E-state index in [9.17, 15) is 24.0 Å². The van der Waals surface area contributed by atoms with Gasteiger partial charge in [-0.2, -0.15) is 0 Å². The summed E-state index contributed by atoms with van der Waals surface area (Å²) in [5, 5.41) is 5.35. The number of hydrogen-bond donors (Lipinski definition) is 2. The van der Waals surface area contributed by atoms with E-state index >= 15 is 0 Å². The van der Waals surface area contributed by atoms with Crippen LogP contribution in [0.1, 0.15) is 52.6 Å². The van der Waals surface area contributed by atoms with Crippen molar-refractivity contribution in [3.8, 4) is 0 Å². The van der Waals surface area contributed by atoms with Crippen LogP contribution in [0.4, 0.5) is 21.9 Å². The lowest BCUT2D eigenvalue weighted by atomic mass is 9.93. The van der Waals surface area contributed by atoms with Gasteiger partial charge in [-0.3, -0.25) is 14.4 Å². The maximum absolute atomic E-state index is 14.3. The van der Waals surface area contributed by atoms with Crippen molar-refractivity contribution in [1.29, 1.82) is 0 Å². The van der Waals surface area contributed by atoms with E-state index < -0.39 is 29.4 Å². The zero-order chi connectivity index (χ0) is 32.9. The number of halogens is 1. The molecule has 1 heterocycles. The van der Waals surface area contributed by atoms with Crippen molar-refractivity contribution in [3.05, 3.63) is 89.0 Å². The van der Waals surface area contributed by atoms with Gasteiger partial charge in [0.15, 0.2) is 5.78 Å². The summed E-state index contributed by atoms with van der Waals surface area (Å²) in [6.45, 7) is 8.43. The number of nitrogens with zero attached hydrogens (tertiary/aromatic N) is 2. The molecular formula is C34H37ClN4O6. The first-order chi connectivity index (χ1) is 21.4. The number of fused-ring (bicyclic) bond motifs is 1. The summed E-state index contributed by atoms with van der Waals surface area (Å²) >= 11 is 6.19. The fourth-order valence-corrected chi connectivity index (χ4v) is 5.12. The number of ketones is 1. The molecule has 1 atom stereocenters. The molecular weight excluding hydrogens is 596 g/mol. The van der Waals surface area contributed by atoms with Crippen molar-refractivity contribution in [3.63, 3.8) is 0 Å². The molecule has 236 valence electrons. The predicted octanol–water partition coefficient (Wildman–Crippen LogP) is 5.50. The second-order valence-corrected chi connectivity index (χ2v) is 11.8. The number of hydrogen-bond acceptors (Lipinski definition) is 6. The van der Waals surface area contributed by atoms with Gasteiger partial charge in [0.2, 0.25) is 5.91 Å². The van der Waals surface area contributed by atoms with Gasteiger partial charge in [-0.05, 0) is 76.1 Å². The lowest BCUT2D eigenvalue weighted by molar-refractivity contribution is -0.125. The monoisotopic (exact) mass is 632 g/mol. The maximum atomic E-state index is 14.3. The van der Waals surface area contributed by atoms with Crippen LogP contribution in [0.25, 0.3) is 0 Å². The number of urea groups is 1. The largest absolute Gasteiger partial charge is 0.462 e. The van der Waals surface area contributed by atoms with E-state index in [1.54, 1.807) is 63.2 Å². The van der Waals surface area contributed by atoms with Gasteiger partial charge in [-0.1, -0.05) is 36.4 Å². The van der Waals surface area contributed by atoms with Gasteiger partial charge in [0.1, 0.15) is 6.04 Å². The summed E-state index contributed by atoms with van der Waals surface area (Å²) in [5.41, 5.74) is 2.35. The number of ether oxygens (including phenoxy) is 1. The maximum Gasteiger partial charge on any atom is 0.338 e. The average molecular weight is 633 g/mol. The van der Waals surface area contributed by atoms with Crippen molar-refractivity contribution in [2.45, 2.75) is 40.7 Å². The van der Waals surface area contributed by atoms with Crippen LogP contribution in [0.2, 0.25) is 0 Å². The highest BCUT2D eigenvalue weighted by atomic mass is 35.5. The summed E-state index contributed by atoms with van der Waals surface area (Å²) < 4.78 is 5.04. The molecule has 11 heteroatoms. The molecule has 0 fully saturated rings. The molecule has 10 nitrogen and oxygen atoms in total. The topological polar surface area (TPSA) is 125 Å². The van der Waals surface area contributed by atoms with Crippen LogP contribution < -0.4 is 20.4 Å². The molecule has 0 aliphatic carbocycles. The number of rotatable bonds is 9. The molecule has 2 N–H and O–H groups in total. The summed E-state index contributed by atoms with van der Waals surface area (Å²) in [5.74, 6) is -1.75. The molecule has 45 heavy (non-hydrogen) atoms. The van der Waals surface area contributed by atoms with E-state index in [0.717, 1.165) is 11.1 Å². The number of nitrogens with one attached hydrogen (secondary N) is 2. The standard InChI is InChI=1S/C34H37ClN4O6/c1-6-45-31(42)23-11-9-12-24(17-23)36-33(44)37-26-18-39(32(43)34(4,5)20-35)27-15-14-21(2)16-28(27)38(30(26)41)19-29(40)25-13-8-7-10-22(25)3/h7-17,26H,6,18-20H2,1-5H3,(H2,36,37,44). The lowest BCUT2D eigenvalue weighted by Gasteiger charge is -2.32. The first-order valence-corrected chi connectivity index (χ1v) is 15.1. The number of benzene rings is 3. The van der Waals surface area contributed by atoms with E-state index in [4.69, 9.17) is 16.3 Å². The van der Waals surface area contributed by atoms with Crippen LogP contribution in [0.5, 0.6) is 0 Å². The molecule has 0 saturated heterocycles. The van der Waals surface area contributed by atoms with Gasteiger partial charge in [0.05, 0.1) is 42.0 Å². The number of carbonyl (C=O) groups is 5. The quantitative estimate of drug-likeness (QED) is 0.182. The number of esters is 1. The van der Waals surface area contributed by atoms with E-state index in [1.165, 1.54) is 15.9 Å². The van der Waals surface area contributed by atoms with Gasteiger partial charge in [0, 0.05) is 17.1 Å². The van der Waals surface area contributed by atoms with Crippen LogP contribution in [0.3, 0.4) is 0 Å². The number of Topliss-reactive ketones (excluding diaryl/α,β-unsaturated/α-hetero) is 1. The molecule has 4 rings (SSSR count). The van der Waals surface area contributed by atoms with Gasteiger partial charge in [0.25, 0.3) is 5.91 Å². The second-order valence-electron chi connectivity index (χ2n) is 11.5. The SMILES string of the molecule is CCOC(=O)c1cccc(NC(=O)NC2CN(C(=O)C(C)(C)CCl)c3ccc(C)cc3N(CC(=O)c3ccccc3C)C2=O)c1. The number of aryl methyl sites for hydroxylation is 2. The fraction of sp³-hybridized carbons (Fsp3) is 0.324. The van der Waals surface area contributed by atoms with Crippen molar-refractivity contribution in [2.24, 2.45) is 5.41 Å². The first kappa shape index (κ1) is 33.2. The van der Waals surface area contributed by atoms with Crippen molar-refractivity contribution in [1.82, 2.24) is 5.32 Å². The van der Waals surface area contributed by atoms with Crippen LogP contribution in [0.15, 0.2) is 66.7 Å². The van der Waals surface area contributed by atoms with Crippen molar-refractivity contribution < 1.29 is 28.7 Å². The van der Waals surface area contributed by atoms with Gasteiger partial charge in [-0.15, -0.1) is 11.6 Å². The Morgan fingerprint density at radius 2 is 1.71 bits per heavy atom. The first-order valence-electron chi connectivity index (χ1n) is 14.6. The summed E-state index contributed by atoms with van der Waals surface area (Å²) in [7, 11) is 0. The Bertz CT molecular complexity index is 1640. The molecule has 4 amide bonds. The molecule has 1 unspecified atom stereocenters. The molecule has 1 aliphatic heterocycles. The minimum atomic E-state index is -1.24. The van der Waals surface area contributed by atoms with E-state index in [2.05, 4.69) is 10.6 Å². The normalized spacial score (nSPS) is 14.7.